The third-order valence-electron chi connectivity index (χ3n) is 5.94. The van der Waals surface area contributed by atoms with Crippen molar-refractivity contribution in [2.75, 3.05) is 13.2 Å². The predicted octanol–water partition coefficient (Wildman–Crippen LogP) is 6.07. The van der Waals surface area contributed by atoms with Crippen molar-refractivity contribution in [1.29, 1.82) is 0 Å². The van der Waals surface area contributed by atoms with Crippen molar-refractivity contribution in [2.24, 2.45) is 5.41 Å². The van der Waals surface area contributed by atoms with E-state index in [1.54, 1.807) is 0 Å². The summed E-state index contributed by atoms with van der Waals surface area (Å²) in [5, 5.41) is 0. The molecule has 1 saturated heterocycles. The van der Waals surface area contributed by atoms with Crippen molar-refractivity contribution < 1.29 is 23.4 Å². The average molecular weight is 431 g/mol. The van der Waals surface area contributed by atoms with Crippen molar-refractivity contribution in [1.82, 2.24) is 0 Å². The molecule has 29 heavy (non-hydrogen) atoms. The van der Waals surface area contributed by atoms with Crippen LogP contribution in [0, 0.1) is 5.41 Å². The van der Waals surface area contributed by atoms with Gasteiger partial charge in [-0.2, -0.15) is 0 Å². The first-order chi connectivity index (χ1) is 13.1. The molecule has 1 aliphatic heterocycles. The number of hydrogen-bond donors (Lipinski definition) is 0. The van der Waals surface area contributed by atoms with E-state index < -0.39 is 19.5 Å². The zero-order valence-corrected chi connectivity index (χ0v) is 21.8. The van der Waals surface area contributed by atoms with E-state index in [9.17, 15) is 4.79 Å². The van der Waals surface area contributed by atoms with Crippen molar-refractivity contribution in [3.8, 4) is 0 Å². The second-order valence-corrected chi connectivity index (χ2v) is 16.4. The molecule has 1 rings (SSSR count). The van der Waals surface area contributed by atoms with Crippen molar-refractivity contribution >= 4 is 14.3 Å². The Morgan fingerprint density at radius 3 is 1.93 bits per heavy atom. The highest BCUT2D eigenvalue weighted by Gasteiger charge is 2.46. The summed E-state index contributed by atoms with van der Waals surface area (Å²) in [6.07, 6.45) is 1.42. The molecule has 172 valence electrons. The molecule has 2 atom stereocenters. The van der Waals surface area contributed by atoms with Crippen LogP contribution in [0.1, 0.15) is 89.0 Å². The zero-order valence-electron chi connectivity index (χ0n) is 20.8. The van der Waals surface area contributed by atoms with Gasteiger partial charge in [0.25, 0.3) is 0 Å². The Labute approximate surface area is 180 Å². The van der Waals surface area contributed by atoms with E-state index in [1.165, 1.54) is 0 Å². The summed E-state index contributed by atoms with van der Waals surface area (Å²) in [7, 11) is -1.93. The highest BCUT2D eigenvalue weighted by Crippen LogP contribution is 2.43. The molecule has 0 aliphatic carbocycles. The molecule has 1 fully saturated rings. The highest BCUT2D eigenvalue weighted by molar-refractivity contribution is 6.77. The number of ether oxygens (including phenoxy) is 3. The number of carbonyl (C=O) groups is 1. The fourth-order valence-electron chi connectivity index (χ4n) is 4.74. The third-order valence-corrected chi connectivity index (χ3v) is 12.0. The molecule has 1 aliphatic rings. The Bertz CT molecular complexity index is 500. The van der Waals surface area contributed by atoms with E-state index in [4.69, 9.17) is 18.6 Å². The van der Waals surface area contributed by atoms with E-state index in [0.29, 0.717) is 36.3 Å². The molecule has 0 bridgehead atoms. The van der Waals surface area contributed by atoms with Crippen LogP contribution < -0.4 is 0 Å². The predicted molar refractivity (Wildman–Crippen MR) is 120 cm³/mol. The lowest BCUT2D eigenvalue weighted by atomic mass is 9.97. The van der Waals surface area contributed by atoms with E-state index in [0.717, 1.165) is 6.42 Å². The number of rotatable bonds is 9. The van der Waals surface area contributed by atoms with Gasteiger partial charge in [0.1, 0.15) is 0 Å². The molecule has 0 unspecified atom stereocenters. The van der Waals surface area contributed by atoms with Crippen molar-refractivity contribution in [3.63, 3.8) is 0 Å². The maximum Gasteiger partial charge on any atom is 0.311 e. The Balaban J connectivity index is 2.73. The van der Waals surface area contributed by atoms with Crippen LogP contribution in [0.15, 0.2) is 0 Å². The monoisotopic (exact) mass is 430 g/mol. The van der Waals surface area contributed by atoms with Gasteiger partial charge in [-0.25, -0.2) is 0 Å². The van der Waals surface area contributed by atoms with Gasteiger partial charge in [0.05, 0.1) is 30.8 Å². The number of esters is 1. The molecule has 0 aromatic heterocycles. The van der Waals surface area contributed by atoms with Gasteiger partial charge in [-0.15, -0.1) is 0 Å². The lowest BCUT2D eigenvalue weighted by Gasteiger charge is -2.45. The summed E-state index contributed by atoms with van der Waals surface area (Å²) < 4.78 is 24.5. The minimum absolute atomic E-state index is 0.00617. The lowest BCUT2D eigenvalue weighted by Crippen LogP contribution is -2.52. The maximum atomic E-state index is 12.0. The van der Waals surface area contributed by atoms with Gasteiger partial charge >= 0.3 is 5.97 Å². The Morgan fingerprint density at radius 2 is 1.48 bits per heavy atom. The molecule has 0 radical (unpaired) electrons. The van der Waals surface area contributed by atoms with E-state index >= 15 is 0 Å². The first-order valence-corrected chi connectivity index (χ1v) is 13.4. The minimum atomic E-state index is -1.93. The second kappa shape index (κ2) is 10.3. The summed E-state index contributed by atoms with van der Waals surface area (Å²) in [4.78, 5) is 12.0. The molecule has 5 nitrogen and oxygen atoms in total. The van der Waals surface area contributed by atoms with Gasteiger partial charge in [0.15, 0.2) is 14.1 Å². The summed E-state index contributed by atoms with van der Waals surface area (Å²) >= 11 is 0. The quantitative estimate of drug-likeness (QED) is 0.328. The molecule has 0 saturated carbocycles. The molecule has 0 N–H and O–H groups in total. The number of hydrogen-bond acceptors (Lipinski definition) is 5. The standard InChI is InChI=1S/C23H46O5Si/c1-16(2)29(17(3)4,18(5)6)26-15-20-14-19(27-23(10,11)28-20)12-13-25-21(24)22(7,8)9/h16-20H,12-15H2,1-11H3/t19-,20-/m0/s1. The van der Waals surface area contributed by atoms with Crippen LogP contribution in [0.2, 0.25) is 16.6 Å². The highest BCUT2D eigenvalue weighted by atomic mass is 28.4. The minimum Gasteiger partial charge on any atom is -0.465 e. The van der Waals surface area contributed by atoms with E-state index in [2.05, 4.69) is 41.5 Å². The Hall–Kier alpha value is -0.433. The smallest absolute Gasteiger partial charge is 0.311 e. The van der Waals surface area contributed by atoms with Crippen LogP contribution in [0.4, 0.5) is 0 Å². The van der Waals surface area contributed by atoms with Gasteiger partial charge in [-0.3, -0.25) is 4.79 Å². The fourth-order valence-corrected chi connectivity index (χ4v) is 10.2. The molecular formula is C23H46O5Si. The van der Waals surface area contributed by atoms with Gasteiger partial charge in [-0.05, 0) is 51.2 Å². The first kappa shape index (κ1) is 26.6. The summed E-state index contributed by atoms with van der Waals surface area (Å²) in [5.74, 6) is -0.840. The second-order valence-electron chi connectivity index (χ2n) is 10.9. The first-order valence-electron chi connectivity index (χ1n) is 11.3. The SMILES string of the molecule is CC(C)[Si](OC[C@@H]1C[C@H](CCOC(=O)C(C)(C)C)OC(C)(C)O1)(C(C)C)C(C)C. The molecule has 0 amide bonds. The lowest BCUT2D eigenvalue weighted by molar-refractivity contribution is -0.304. The van der Waals surface area contributed by atoms with Gasteiger partial charge in [0.2, 0.25) is 0 Å². The molecule has 1 heterocycles. The van der Waals surface area contributed by atoms with Crippen LogP contribution in [0.5, 0.6) is 0 Å². The molecule has 0 aromatic carbocycles. The Kier molecular flexibility index (Phi) is 9.40. The van der Waals surface area contributed by atoms with Gasteiger partial charge in [-0.1, -0.05) is 41.5 Å². The van der Waals surface area contributed by atoms with Crippen LogP contribution in [-0.4, -0.2) is 45.5 Å². The maximum absolute atomic E-state index is 12.0. The van der Waals surface area contributed by atoms with Crippen molar-refractivity contribution in [3.05, 3.63) is 0 Å². The fraction of sp³-hybridized carbons (Fsp3) is 0.957. The van der Waals surface area contributed by atoms with Crippen LogP contribution >= 0.6 is 0 Å². The largest absolute Gasteiger partial charge is 0.465 e. The zero-order chi connectivity index (χ0) is 22.6. The summed E-state index contributed by atoms with van der Waals surface area (Å²) in [6, 6.07) is 0. The average Bonchev–Trinajstić information content (AvgIpc) is 2.51. The van der Waals surface area contributed by atoms with Gasteiger partial charge in [0, 0.05) is 12.8 Å². The van der Waals surface area contributed by atoms with Crippen molar-refractivity contribution in [2.45, 2.75) is 124 Å². The Morgan fingerprint density at radius 1 is 1.00 bits per heavy atom. The molecular weight excluding hydrogens is 384 g/mol. The third kappa shape index (κ3) is 7.33. The van der Waals surface area contributed by atoms with Crippen LogP contribution in [-0.2, 0) is 23.4 Å². The molecule has 0 spiro atoms. The summed E-state index contributed by atoms with van der Waals surface area (Å²) in [6.45, 7) is 24.3. The molecule has 6 heteroatoms. The summed E-state index contributed by atoms with van der Waals surface area (Å²) in [5.41, 5.74) is 1.15. The van der Waals surface area contributed by atoms with Crippen LogP contribution in [0.3, 0.4) is 0 Å². The normalized spacial score (nSPS) is 23.1. The van der Waals surface area contributed by atoms with E-state index in [1.807, 2.05) is 34.6 Å². The van der Waals surface area contributed by atoms with E-state index in [-0.39, 0.29) is 18.2 Å². The number of carbonyl (C=O) groups excluding carboxylic acids is 1. The van der Waals surface area contributed by atoms with Crippen LogP contribution in [0.25, 0.3) is 0 Å². The molecule has 0 aromatic rings. The topological polar surface area (TPSA) is 54.0 Å². The van der Waals surface area contributed by atoms with Gasteiger partial charge < -0.3 is 18.6 Å².